The number of hydrogen-bond donors (Lipinski definition) is 2. The summed E-state index contributed by atoms with van der Waals surface area (Å²) in [6.07, 6.45) is 1.45. The molecule has 10 heteroatoms. The zero-order valence-corrected chi connectivity index (χ0v) is 15.3. The van der Waals surface area contributed by atoms with E-state index in [0.717, 1.165) is 6.08 Å². The van der Waals surface area contributed by atoms with Gasteiger partial charge in [0.25, 0.3) is 17.5 Å². The quantitative estimate of drug-likeness (QED) is 0.434. The van der Waals surface area contributed by atoms with Crippen molar-refractivity contribution >= 4 is 35.2 Å². The number of rotatable bonds is 6. The number of hydrogen-bond acceptors (Lipinski definition) is 5. The van der Waals surface area contributed by atoms with Crippen LogP contribution in [0.2, 0.25) is 5.02 Å². The lowest BCUT2D eigenvalue weighted by atomic mass is 10.2. The van der Waals surface area contributed by atoms with E-state index >= 15 is 0 Å². The molecule has 0 heterocycles. The van der Waals surface area contributed by atoms with Crippen LogP contribution in [0.3, 0.4) is 0 Å². The number of nitro groups is 1. The Hall–Kier alpha value is -3.46. The zero-order chi connectivity index (χ0) is 20.7. The first-order valence-corrected chi connectivity index (χ1v) is 8.28. The minimum atomic E-state index is -0.950. The van der Waals surface area contributed by atoms with Gasteiger partial charge in [0.15, 0.2) is 6.10 Å². The number of ether oxygens (including phenoxy) is 1. The van der Waals surface area contributed by atoms with E-state index < -0.39 is 28.7 Å². The fraction of sp³-hybridized carbons (Fsp3) is 0.111. The zero-order valence-electron chi connectivity index (χ0n) is 14.5. The van der Waals surface area contributed by atoms with Crippen LogP contribution in [0.25, 0.3) is 6.08 Å². The van der Waals surface area contributed by atoms with Gasteiger partial charge in [-0.3, -0.25) is 30.6 Å². The molecule has 0 saturated heterocycles. The molecule has 28 heavy (non-hydrogen) atoms. The summed E-state index contributed by atoms with van der Waals surface area (Å²) in [7, 11) is 0. The van der Waals surface area contributed by atoms with E-state index in [2.05, 4.69) is 10.9 Å². The molecule has 1 atom stereocenters. The van der Waals surface area contributed by atoms with E-state index in [1.54, 1.807) is 0 Å². The number of halogens is 2. The Morgan fingerprint density at radius 1 is 1.21 bits per heavy atom. The normalized spacial score (nSPS) is 11.7. The first kappa shape index (κ1) is 20.8. The van der Waals surface area contributed by atoms with Gasteiger partial charge in [0, 0.05) is 12.1 Å². The van der Waals surface area contributed by atoms with Gasteiger partial charge in [0.1, 0.15) is 16.6 Å². The lowest BCUT2D eigenvalue weighted by Crippen LogP contribution is -2.46. The number of nitrogens with one attached hydrogen (secondary N) is 2. The standard InChI is InChI=1S/C18H15ClFN3O5/c1-11(28-14-6-4-13(20)5-7-14)18(25)22-21-17(24)9-3-12-2-8-15(19)16(10-12)23(26)27/h2-11H,1H3,(H,21,24)(H,22,25)/b9-3+. The highest BCUT2D eigenvalue weighted by Crippen LogP contribution is 2.25. The van der Waals surface area contributed by atoms with Gasteiger partial charge in [-0.25, -0.2) is 4.39 Å². The Morgan fingerprint density at radius 2 is 1.89 bits per heavy atom. The van der Waals surface area contributed by atoms with Crippen molar-refractivity contribution < 1.29 is 23.6 Å². The maximum Gasteiger partial charge on any atom is 0.288 e. The summed E-state index contributed by atoms with van der Waals surface area (Å²) in [5.41, 5.74) is 4.42. The third-order valence-electron chi connectivity index (χ3n) is 3.40. The molecular weight excluding hydrogens is 393 g/mol. The lowest BCUT2D eigenvalue weighted by molar-refractivity contribution is -0.384. The van der Waals surface area contributed by atoms with Crippen LogP contribution in [0.15, 0.2) is 48.5 Å². The van der Waals surface area contributed by atoms with Gasteiger partial charge < -0.3 is 4.74 Å². The predicted octanol–water partition coefficient (Wildman–Crippen LogP) is 3.02. The van der Waals surface area contributed by atoms with Crippen molar-refractivity contribution in [3.63, 3.8) is 0 Å². The largest absolute Gasteiger partial charge is 0.481 e. The predicted molar refractivity (Wildman–Crippen MR) is 99.9 cm³/mol. The monoisotopic (exact) mass is 407 g/mol. The van der Waals surface area contributed by atoms with Crippen molar-refractivity contribution in [2.24, 2.45) is 0 Å². The molecule has 0 aliphatic rings. The first-order chi connectivity index (χ1) is 13.3. The van der Waals surface area contributed by atoms with E-state index in [9.17, 15) is 24.1 Å². The Morgan fingerprint density at radius 3 is 2.54 bits per heavy atom. The van der Waals surface area contributed by atoms with Crippen molar-refractivity contribution in [2.45, 2.75) is 13.0 Å². The Kier molecular flexibility index (Phi) is 7.05. The molecule has 2 amide bonds. The maximum atomic E-state index is 12.8. The number of amides is 2. The smallest absolute Gasteiger partial charge is 0.288 e. The number of carbonyl (C=O) groups is 2. The van der Waals surface area contributed by atoms with Gasteiger partial charge in [0.05, 0.1) is 4.92 Å². The highest BCUT2D eigenvalue weighted by atomic mass is 35.5. The Labute approximate surface area is 164 Å². The van der Waals surface area contributed by atoms with Crippen molar-refractivity contribution in [3.05, 3.63) is 75.1 Å². The minimum Gasteiger partial charge on any atom is -0.481 e. The molecule has 0 bridgehead atoms. The number of benzene rings is 2. The summed E-state index contributed by atoms with van der Waals surface area (Å²) in [5, 5.41) is 10.8. The van der Waals surface area contributed by atoms with Crippen LogP contribution < -0.4 is 15.6 Å². The van der Waals surface area contributed by atoms with Crippen LogP contribution in [-0.4, -0.2) is 22.8 Å². The molecule has 8 nitrogen and oxygen atoms in total. The third-order valence-corrected chi connectivity index (χ3v) is 3.72. The SMILES string of the molecule is CC(Oc1ccc(F)cc1)C(=O)NNC(=O)/C=C/c1ccc(Cl)c([N+](=O)[O-])c1. The molecule has 1 unspecified atom stereocenters. The van der Waals surface area contributed by atoms with Gasteiger partial charge in [-0.15, -0.1) is 0 Å². The van der Waals surface area contributed by atoms with E-state index in [4.69, 9.17) is 16.3 Å². The summed E-state index contributed by atoms with van der Waals surface area (Å²) >= 11 is 5.71. The van der Waals surface area contributed by atoms with Gasteiger partial charge in [-0.05, 0) is 48.9 Å². The lowest BCUT2D eigenvalue weighted by Gasteiger charge is -2.14. The van der Waals surface area contributed by atoms with Crippen molar-refractivity contribution in [1.29, 1.82) is 0 Å². The van der Waals surface area contributed by atoms with Crippen LogP contribution >= 0.6 is 11.6 Å². The summed E-state index contributed by atoms with van der Waals surface area (Å²) in [5.74, 6) is -1.44. The molecule has 0 spiro atoms. The molecule has 2 rings (SSSR count). The van der Waals surface area contributed by atoms with Crippen molar-refractivity contribution in [1.82, 2.24) is 10.9 Å². The van der Waals surface area contributed by atoms with Gasteiger partial charge in [-0.2, -0.15) is 0 Å². The molecule has 2 N–H and O–H groups in total. The molecule has 0 aliphatic heterocycles. The highest BCUT2D eigenvalue weighted by Gasteiger charge is 2.15. The highest BCUT2D eigenvalue weighted by molar-refractivity contribution is 6.32. The van der Waals surface area contributed by atoms with Crippen LogP contribution in [-0.2, 0) is 9.59 Å². The summed E-state index contributed by atoms with van der Waals surface area (Å²) in [6, 6.07) is 9.16. The number of nitro benzene ring substituents is 1. The van der Waals surface area contributed by atoms with E-state index in [1.165, 1.54) is 55.5 Å². The second-order valence-corrected chi connectivity index (χ2v) is 5.90. The fourth-order valence-corrected chi connectivity index (χ4v) is 2.17. The summed E-state index contributed by atoms with van der Waals surface area (Å²) in [6.45, 7) is 1.45. The van der Waals surface area contributed by atoms with Crippen molar-refractivity contribution in [2.75, 3.05) is 0 Å². The van der Waals surface area contributed by atoms with E-state index in [-0.39, 0.29) is 10.7 Å². The second-order valence-electron chi connectivity index (χ2n) is 5.49. The topological polar surface area (TPSA) is 111 Å². The number of hydrazine groups is 1. The second kappa shape index (κ2) is 9.47. The summed E-state index contributed by atoms with van der Waals surface area (Å²) in [4.78, 5) is 33.9. The van der Waals surface area contributed by atoms with Crippen LogP contribution in [0.1, 0.15) is 12.5 Å². The third kappa shape index (κ3) is 6.06. The van der Waals surface area contributed by atoms with Gasteiger partial charge in [0.2, 0.25) is 0 Å². The Balaban J connectivity index is 1.86. The minimum absolute atomic E-state index is 0.0194. The molecule has 0 fully saturated rings. The molecular formula is C18H15ClFN3O5. The molecule has 0 aliphatic carbocycles. The van der Waals surface area contributed by atoms with Crippen LogP contribution in [0.5, 0.6) is 5.75 Å². The van der Waals surface area contributed by atoms with E-state index in [1.807, 2.05) is 0 Å². The molecule has 0 saturated carbocycles. The molecule has 2 aromatic rings. The van der Waals surface area contributed by atoms with E-state index in [0.29, 0.717) is 11.3 Å². The first-order valence-electron chi connectivity index (χ1n) is 7.90. The molecule has 146 valence electrons. The van der Waals surface area contributed by atoms with Crippen molar-refractivity contribution in [3.8, 4) is 5.75 Å². The maximum absolute atomic E-state index is 12.8. The van der Waals surface area contributed by atoms with Gasteiger partial charge >= 0.3 is 0 Å². The average molecular weight is 408 g/mol. The number of carbonyl (C=O) groups excluding carboxylic acids is 2. The Bertz CT molecular complexity index is 918. The van der Waals surface area contributed by atoms with Gasteiger partial charge in [-0.1, -0.05) is 17.7 Å². The molecule has 0 radical (unpaired) electrons. The number of nitrogens with zero attached hydrogens (tertiary/aromatic N) is 1. The fourth-order valence-electron chi connectivity index (χ4n) is 1.98. The van der Waals surface area contributed by atoms with Crippen LogP contribution in [0, 0.1) is 15.9 Å². The molecule has 0 aromatic heterocycles. The summed E-state index contributed by atoms with van der Waals surface area (Å²) < 4.78 is 18.2. The average Bonchev–Trinajstić information content (AvgIpc) is 2.66. The van der Waals surface area contributed by atoms with Crippen LogP contribution in [0.4, 0.5) is 10.1 Å². The molecule has 2 aromatic carbocycles.